The molecule has 0 rings (SSSR count). The van der Waals surface area contributed by atoms with Gasteiger partial charge in [0.05, 0.1) is 39.9 Å². The quantitative estimate of drug-likeness (QED) is 0.0272. The van der Waals surface area contributed by atoms with E-state index in [4.69, 9.17) is 9.05 Å². The van der Waals surface area contributed by atoms with Crippen LogP contribution in [0.3, 0.4) is 0 Å². The van der Waals surface area contributed by atoms with E-state index in [0.29, 0.717) is 17.4 Å². The lowest BCUT2D eigenvalue weighted by Gasteiger charge is -2.29. The molecule has 69 heavy (non-hydrogen) atoms. The Bertz CT molecular complexity index is 1170. The van der Waals surface area contributed by atoms with Crippen molar-refractivity contribution in [3.05, 3.63) is 24.3 Å². The molecule has 0 aromatic heterocycles. The maximum atomic E-state index is 13.0. The zero-order chi connectivity index (χ0) is 50.6. The van der Waals surface area contributed by atoms with Crippen molar-refractivity contribution in [3.8, 4) is 0 Å². The number of aliphatic hydroxyl groups is 1. The van der Waals surface area contributed by atoms with E-state index in [9.17, 15) is 19.4 Å². The number of phosphoric ester groups is 1. The van der Waals surface area contributed by atoms with E-state index in [-0.39, 0.29) is 19.1 Å². The zero-order valence-electron chi connectivity index (χ0n) is 46.8. The monoisotopic (exact) mass is 995 g/mol. The predicted molar refractivity (Wildman–Crippen MR) is 298 cm³/mol. The number of rotatable bonds is 56. The molecule has 9 heteroatoms. The molecule has 0 bridgehead atoms. The highest BCUT2D eigenvalue weighted by Gasteiger charge is 2.23. The second-order valence-corrected chi connectivity index (χ2v) is 23.5. The number of allylic oxidation sites excluding steroid dienone is 3. The van der Waals surface area contributed by atoms with Crippen molar-refractivity contribution in [2.75, 3.05) is 40.9 Å². The minimum absolute atomic E-state index is 0.00362. The number of aliphatic hydroxyl groups excluding tert-OH is 1. The highest BCUT2D eigenvalue weighted by atomic mass is 31.2. The first-order valence-corrected chi connectivity index (χ1v) is 31.7. The summed E-state index contributed by atoms with van der Waals surface area (Å²) in [5.41, 5.74) is 0. The molecule has 0 heterocycles. The number of nitrogens with zero attached hydrogens (tertiary/aromatic N) is 1. The molecule has 1 amide bonds. The van der Waals surface area contributed by atoms with Gasteiger partial charge in [-0.05, 0) is 32.1 Å². The minimum atomic E-state index is -4.60. The first-order chi connectivity index (χ1) is 33.5. The first-order valence-electron chi connectivity index (χ1n) is 30.2. The van der Waals surface area contributed by atoms with Gasteiger partial charge in [0.2, 0.25) is 5.91 Å². The Morgan fingerprint density at radius 3 is 1.17 bits per heavy atom. The fourth-order valence-electron chi connectivity index (χ4n) is 9.17. The Kier molecular flexibility index (Phi) is 51.1. The van der Waals surface area contributed by atoms with Gasteiger partial charge < -0.3 is 28.8 Å². The number of unbranched alkanes of at least 4 members (excludes halogenated alkanes) is 41. The third-order valence-electron chi connectivity index (χ3n) is 13.9. The van der Waals surface area contributed by atoms with Crippen LogP contribution in [-0.4, -0.2) is 68.5 Å². The van der Waals surface area contributed by atoms with Crippen molar-refractivity contribution < 1.29 is 32.9 Å². The summed E-state index contributed by atoms with van der Waals surface area (Å²) in [6, 6.07) is -0.900. The molecule has 3 unspecified atom stereocenters. The molecule has 0 aliphatic carbocycles. The lowest BCUT2D eigenvalue weighted by atomic mass is 10.0. The van der Waals surface area contributed by atoms with E-state index in [0.717, 1.165) is 38.5 Å². The van der Waals surface area contributed by atoms with Gasteiger partial charge >= 0.3 is 0 Å². The number of carbonyl (C=O) groups is 1. The van der Waals surface area contributed by atoms with Crippen LogP contribution < -0.4 is 10.2 Å². The van der Waals surface area contributed by atoms with E-state index >= 15 is 0 Å². The van der Waals surface area contributed by atoms with Crippen molar-refractivity contribution in [2.45, 2.75) is 315 Å². The van der Waals surface area contributed by atoms with Crippen molar-refractivity contribution in [2.24, 2.45) is 0 Å². The standard InChI is InChI=1S/C60H119N2O6P/c1-6-8-10-12-14-16-18-20-22-24-26-28-30-32-33-35-37-39-41-43-45-47-49-51-53-59(63)58(57-68-69(65,66)67-56-55-62(3,4)5)61-60(64)54-52-50-48-46-44-42-40-38-36-34-31-29-27-25-23-21-19-17-15-13-11-9-7-2/h43,45,51,53,58-59,63H,6-42,44,46-50,52,54-57H2,1-5H3,(H-,61,64,65,66)/b45-43+,53-51+. The van der Waals surface area contributed by atoms with Gasteiger partial charge in [-0.15, -0.1) is 0 Å². The van der Waals surface area contributed by atoms with Crippen LogP contribution in [0, 0.1) is 0 Å². The maximum absolute atomic E-state index is 13.0. The number of hydrogen-bond acceptors (Lipinski definition) is 6. The molecular formula is C60H119N2O6P. The first kappa shape index (κ1) is 68.0. The van der Waals surface area contributed by atoms with Gasteiger partial charge in [0, 0.05) is 6.42 Å². The Balaban J connectivity index is 4.20. The predicted octanol–water partition coefficient (Wildman–Crippen LogP) is 17.7. The number of hydrogen-bond donors (Lipinski definition) is 2. The van der Waals surface area contributed by atoms with E-state index in [1.165, 1.54) is 244 Å². The summed E-state index contributed by atoms with van der Waals surface area (Å²) >= 11 is 0. The van der Waals surface area contributed by atoms with Crippen LogP contribution in [0.25, 0.3) is 0 Å². The van der Waals surface area contributed by atoms with Gasteiger partial charge in [-0.3, -0.25) is 9.36 Å². The van der Waals surface area contributed by atoms with E-state index in [1.807, 2.05) is 27.2 Å². The molecule has 0 aromatic carbocycles. The number of likely N-dealkylation sites (N-methyl/N-ethyl adjacent to an activating group) is 1. The summed E-state index contributed by atoms with van der Waals surface area (Å²) in [5, 5.41) is 13.9. The smallest absolute Gasteiger partial charge is 0.268 e. The van der Waals surface area contributed by atoms with Crippen LogP contribution in [0.2, 0.25) is 0 Å². The molecule has 8 nitrogen and oxygen atoms in total. The largest absolute Gasteiger partial charge is 0.756 e. The summed E-state index contributed by atoms with van der Waals surface area (Å²) in [4.78, 5) is 25.5. The second kappa shape index (κ2) is 51.9. The Morgan fingerprint density at radius 2 is 0.812 bits per heavy atom. The molecule has 0 aliphatic rings. The number of quaternary nitrogens is 1. The van der Waals surface area contributed by atoms with Gasteiger partial charge in [-0.25, -0.2) is 0 Å². The fourth-order valence-corrected chi connectivity index (χ4v) is 9.90. The normalized spacial score (nSPS) is 14.0. The van der Waals surface area contributed by atoms with Crippen LogP contribution in [-0.2, 0) is 18.4 Å². The minimum Gasteiger partial charge on any atom is -0.756 e. The van der Waals surface area contributed by atoms with Crippen LogP contribution in [0.15, 0.2) is 24.3 Å². The zero-order valence-corrected chi connectivity index (χ0v) is 47.7. The van der Waals surface area contributed by atoms with Crippen LogP contribution >= 0.6 is 7.82 Å². The van der Waals surface area contributed by atoms with E-state index in [1.54, 1.807) is 6.08 Å². The lowest BCUT2D eigenvalue weighted by Crippen LogP contribution is -2.45. The van der Waals surface area contributed by atoms with E-state index in [2.05, 4.69) is 31.3 Å². The molecule has 0 spiro atoms. The molecular weight excluding hydrogens is 876 g/mol. The Morgan fingerprint density at radius 1 is 0.493 bits per heavy atom. The van der Waals surface area contributed by atoms with Crippen molar-refractivity contribution in [1.29, 1.82) is 0 Å². The molecule has 2 N–H and O–H groups in total. The third-order valence-corrected chi connectivity index (χ3v) is 14.9. The average molecular weight is 996 g/mol. The average Bonchev–Trinajstić information content (AvgIpc) is 3.31. The van der Waals surface area contributed by atoms with Gasteiger partial charge in [-0.1, -0.05) is 289 Å². The molecule has 0 radical (unpaired) electrons. The number of carbonyl (C=O) groups excluding carboxylic acids is 1. The SMILES string of the molecule is CCCCCCCCCCCCCCCCCCCC/C=C/CC/C=C/C(O)C(COP(=O)([O-])OCC[N+](C)(C)C)NC(=O)CCCCCCCCCCCCCCCCCCCCCCCCC. The number of amides is 1. The van der Waals surface area contributed by atoms with Gasteiger partial charge in [-0.2, -0.15) is 0 Å². The van der Waals surface area contributed by atoms with Crippen LogP contribution in [0.1, 0.15) is 303 Å². The summed E-state index contributed by atoms with van der Waals surface area (Å²) in [6.07, 6.45) is 65.5. The van der Waals surface area contributed by atoms with Crippen molar-refractivity contribution >= 4 is 13.7 Å². The summed E-state index contributed by atoms with van der Waals surface area (Å²) in [5.74, 6) is -0.200. The van der Waals surface area contributed by atoms with E-state index < -0.39 is 20.0 Å². The molecule has 0 saturated carbocycles. The molecule has 0 aromatic rings. The van der Waals surface area contributed by atoms with Gasteiger partial charge in [0.1, 0.15) is 13.2 Å². The van der Waals surface area contributed by atoms with Crippen LogP contribution in [0.4, 0.5) is 0 Å². The molecule has 3 atom stereocenters. The molecule has 410 valence electrons. The number of nitrogens with one attached hydrogen (secondary N) is 1. The maximum Gasteiger partial charge on any atom is 0.268 e. The van der Waals surface area contributed by atoms with Crippen molar-refractivity contribution in [3.63, 3.8) is 0 Å². The van der Waals surface area contributed by atoms with Crippen molar-refractivity contribution in [1.82, 2.24) is 5.32 Å². The Labute approximate surface area is 430 Å². The number of phosphoric acid groups is 1. The molecule has 0 fully saturated rings. The highest BCUT2D eigenvalue weighted by Crippen LogP contribution is 2.38. The molecule has 0 saturated heterocycles. The summed E-state index contributed by atoms with van der Waals surface area (Å²) in [6.45, 7) is 4.68. The third kappa shape index (κ3) is 54.6. The van der Waals surface area contributed by atoms with Gasteiger partial charge in [0.15, 0.2) is 0 Å². The lowest BCUT2D eigenvalue weighted by molar-refractivity contribution is -0.870. The second-order valence-electron chi connectivity index (χ2n) is 22.1. The highest BCUT2D eigenvalue weighted by molar-refractivity contribution is 7.45. The fraction of sp³-hybridized carbons (Fsp3) is 0.917. The topological polar surface area (TPSA) is 108 Å². The van der Waals surface area contributed by atoms with Crippen LogP contribution in [0.5, 0.6) is 0 Å². The summed E-state index contributed by atoms with van der Waals surface area (Å²) in [7, 11) is 1.26. The van der Waals surface area contributed by atoms with Gasteiger partial charge in [0.25, 0.3) is 7.82 Å². The Hall–Kier alpha value is -1.02. The molecule has 0 aliphatic heterocycles. The summed E-state index contributed by atoms with van der Waals surface area (Å²) < 4.78 is 23.4.